The van der Waals surface area contributed by atoms with Crippen molar-refractivity contribution in [2.24, 2.45) is 17.8 Å². The van der Waals surface area contributed by atoms with Crippen molar-refractivity contribution in [2.75, 3.05) is 19.1 Å². The predicted molar refractivity (Wildman–Crippen MR) is 135 cm³/mol. The van der Waals surface area contributed by atoms with Crippen LogP contribution < -0.4 is 4.74 Å². The van der Waals surface area contributed by atoms with Crippen LogP contribution in [0, 0.1) is 17.8 Å². The number of rotatable bonds is 5. The second-order valence-electron chi connectivity index (χ2n) is 9.71. The van der Waals surface area contributed by atoms with Gasteiger partial charge in [-0.2, -0.15) is 0 Å². The summed E-state index contributed by atoms with van der Waals surface area (Å²) in [6.07, 6.45) is 2.67. The van der Waals surface area contributed by atoms with Crippen molar-refractivity contribution in [1.82, 2.24) is 9.80 Å². The molecule has 8 nitrogen and oxygen atoms in total. The van der Waals surface area contributed by atoms with E-state index in [0.29, 0.717) is 18.5 Å². The highest BCUT2D eigenvalue weighted by molar-refractivity contribution is 9.09. The number of ether oxygens (including phenoxy) is 1. The third-order valence-corrected chi connectivity index (χ3v) is 10.0. The first-order valence-corrected chi connectivity index (χ1v) is 13.7. The molecule has 2 aliphatic heterocycles. The fourth-order valence-corrected chi connectivity index (χ4v) is 7.96. The zero-order valence-corrected chi connectivity index (χ0v) is 22.8. The number of para-hydroxylation sites is 1. The van der Waals surface area contributed by atoms with Gasteiger partial charge in [-0.1, -0.05) is 46.6 Å². The number of phenolic OH excluding ortho intramolecular Hbond substituents is 1. The topological polar surface area (TPSA) is 104 Å². The number of hydrogen-bond donors (Lipinski definition) is 1. The van der Waals surface area contributed by atoms with Gasteiger partial charge in [0.05, 0.1) is 24.4 Å². The van der Waals surface area contributed by atoms with Crippen molar-refractivity contribution < 1.29 is 29.0 Å². The Hall–Kier alpha value is -2.10. The van der Waals surface area contributed by atoms with E-state index in [1.54, 1.807) is 18.2 Å². The predicted octanol–water partition coefficient (Wildman–Crippen LogP) is 3.52. The van der Waals surface area contributed by atoms with Gasteiger partial charge in [0.15, 0.2) is 21.2 Å². The Bertz CT molecular complexity index is 1220. The van der Waals surface area contributed by atoms with Gasteiger partial charge in [0.2, 0.25) is 11.8 Å². The largest absolute Gasteiger partial charge is 0.504 e. The van der Waals surface area contributed by atoms with Crippen molar-refractivity contribution >= 4 is 62.8 Å². The van der Waals surface area contributed by atoms with Crippen molar-refractivity contribution in [3.8, 4) is 11.5 Å². The Morgan fingerprint density at radius 3 is 2.47 bits per heavy atom. The monoisotopic (exact) mass is 598 g/mol. The van der Waals surface area contributed by atoms with Gasteiger partial charge in [-0.15, -0.1) is 23.2 Å². The highest BCUT2D eigenvalue weighted by Gasteiger charge is 2.76. The first kappa shape index (κ1) is 25.5. The number of allylic oxidation sites excluding steroid dienone is 2. The average molecular weight is 600 g/mol. The standard InChI is InChI=1S/C25H25BrCl2N2O6/c1-3-9-29-20(32)13-8-7-12-15(17(13)21(29)33)10-24(27)22(34)30(11-26)23(35)25(24,28)18(12)14-5-4-6-16(36-2)19(14)31/h4-7,13,15,17-18,31H,3,8-11H2,1-2H3/t13-,15+,17-,18+,24+,25-/m0/s1. The minimum atomic E-state index is -1.97. The van der Waals surface area contributed by atoms with E-state index in [0.717, 1.165) is 4.90 Å². The fraction of sp³-hybridized carbons (Fsp3) is 0.520. The number of hydrogen-bond acceptors (Lipinski definition) is 6. The zero-order valence-electron chi connectivity index (χ0n) is 19.7. The third-order valence-electron chi connectivity index (χ3n) is 8.11. The van der Waals surface area contributed by atoms with Gasteiger partial charge >= 0.3 is 0 Å². The van der Waals surface area contributed by atoms with Crippen LogP contribution in [0.4, 0.5) is 0 Å². The molecule has 2 saturated heterocycles. The van der Waals surface area contributed by atoms with E-state index in [1.165, 1.54) is 12.0 Å². The SMILES string of the molecule is CCCN1C(=O)[C@H]2[C@H](CC=C3[C@H]2C[C@@]2(Cl)C(=O)N(CBr)C(=O)[C@@]2(Cl)[C@H]3c2cccc(OC)c2O)C1=O. The highest BCUT2D eigenvalue weighted by Crippen LogP contribution is 2.66. The maximum Gasteiger partial charge on any atom is 0.254 e. The van der Waals surface area contributed by atoms with Crippen molar-refractivity contribution in [2.45, 2.75) is 41.9 Å². The normalized spacial score (nSPS) is 35.5. The second kappa shape index (κ2) is 8.74. The van der Waals surface area contributed by atoms with E-state index in [1.807, 2.05) is 13.0 Å². The van der Waals surface area contributed by atoms with Crippen LogP contribution >= 0.6 is 39.1 Å². The lowest BCUT2D eigenvalue weighted by molar-refractivity contribution is -0.141. The molecule has 0 aromatic heterocycles. The lowest BCUT2D eigenvalue weighted by Crippen LogP contribution is -2.60. The molecule has 4 aliphatic rings. The molecule has 1 saturated carbocycles. The molecule has 2 aliphatic carbocycles. The molecule has 2 heterocycles. The van der Waals surface area contributed by atoms with E-state index >= 15 is 0 Å². The number of nitrogens with zero attached hydrogens (tertiary/aromatic N) is 2. The van der Waals surface area contributed by atoms with Crippen molar-refractivity contribution in [1.29, 1.82) is 0 Å². The van der Waals surface area contributed by atoms with E-state index in [4.69, 9.17) is 27.9 Å². The highest BCUT2D eigenvalue weighted by atomic mass is 79.9. The molecule has 1 N–H and O–H groups in total. The molecule has 0 spiro atoms. The van der Waals surface area contributed by atoms with Gasteiger partial charge < -0.3 is 9.84 Å². The number of halogens is 3. The van der Waals surface area contributed by atoms with Gasteiger partial charge in [-0.05, 0) is 31.2 Å². The average Bonchev–Trinajstić information content (AvgIpc) is 3.18. The summed E-state index contributed by atoms with van der Waals surface area (Å²) >= 11 is 17.5. The number of methoxy groups -OCH3 is 1. The summed E-state index contributed by atoms with van der Waals surface area (Å²) in [6.45, 7) is 2.20. The molecule has 0 unspecified atom stereocenters. The Kier molecular flexibility index (Phi) is 6.20. The molecule has 11 heteroatoms. The van der Waals surface area contributed by atoms with Crippen LogP contribution in [0.2, 0.25) is 0 Å². The van der Waals surface area contributed by atoms with Crippen LogP contribution in [0.15, 0.2) is 29.8 Å². The number of carbonyl (C=O) groups excluding carboxylic acids is 4. The molecule has 36 heavy (non-hydrogen) atoms. The van der Waals surface area contributed by atoms with E-state index in [-0.39, 0.29) is 47.2 Å². The number of amides is 4. The molecule has 192 valence electrons. The molecule has 1 aromatic rings. The Morgan fingerprint density at radius 1 is 1.11 bits per heavy atom. The number of aromatic hydroxyl groups is 1. The van der Waals surface area contributed by atoms with Crippen LogP contribution in [-0.4, -0.2) is 67.4 Å². The van der Waals surface area contributed by atoms with Gasteiger partial charge in [-0.25, -0.2) is 0 Å². The molecular weight excluding hydrogens is 575 g/mol. The van der Waals surface area contributed by atoms with E-state index < -0.39 is 45.2 Å². The van der Waals surface area contributed by atoms with E-state index in [9.17, 15) is 24.3 Å². The van der Waals surface area contributed by atoms with Crippen LogP contribution in [-0.2, 0) is 19.2 Å². The molecular formula is C25H25BrCl2N2O6. The number of phenols is 1. The summed E-state index contributed by atoms with van der Waals surface area (Å²) in [5.41, 5.74) is 0.786. The molecule has 3 fully saturated rings. The van der Waals surface area contributed by atoms with Crippen LogP contribution in [0.25, 0.3) is 0 Å². The third kappa shape index (κ3) is 3.05. The minimum Gasteiger partial charge on any atom is -0.504 e. The first-order chi connectivity index (χ1) is 17.1. The number of alkyl halides is 3. The summed E-state index contributed by atoms with van der Waals surface area (Å²) in [6, 6.07) is 4.82. The summed E-state index contributed by atoms with van der Waals surface area (Å²) in [4.78, 5) is 52.3. The number of carbonyl (C=O) groups is 4. The molecule has 5 rings (SSSR count). The Morgan fingerprint density at radius 2 is 1.83 bits per heavy atom. The molecule has 0 radical (unpaired) electrons. The van der Waals surface area contributed by atoms with Crippen LogP contribution in [0.1, 0.15) is 37.7 Å². The van der Waals surface area contributed by atoms with Crippen molar-refractivity contribution in [3.05, 3.63) is 35.4 Å². The number of benzene rings is 1. The molecule has 4 amide bonds. The Balaban J connectivity index is 1.74. The summed E-state index contributed by atoms with van der Waals surface area (Å²) in [5.74, 6) is -4.89. The Labute approximate surface area is 226 Å². The number of imide groups is 2. The maximum absolute atomic E-state index is 13.7. The van der Waals surface area contributed by atoms with Crippen molar-refractivity contribution in [3.63, 3.8) is 0 Å². The quantitative estimate of drug-likeness (QED) is 0.240. The van der Waals surface area contributed by atoms with E-state index in [2.05, 4.69) is 15.9 Å². The van der Waals surface area contributed by atoms with Gasteiger partial charge in [0, 0.05) is 18.0 Å². The van der Waals surface area contributed by atoms with Gasteiger partial charge in [0.25, 0.3) is 11.8 Å². The number of fused-ring (bicyclic) bond motifs is 4. The molecule has 6 atom stereocenters. The first-order valence-electron chi connectivity index (χ1n) is 11.8. The summed E-state index contributed by atoms with van der Waals surface area (Å²) < 4.78 is 5.29. The lowest BCUT2D eigenvalue weighted by atomic mass is 9.56. The number of likely N-dealkylation sites (tertiary alicyclic amines) is 2. The van der Waals surface area contributed by atoms with Gasteiger partial charge in [-0.3, -0.25) is 29.0 Å². The zero-order chi connectivity index (χ0) is 26.2. The fourth-order valence-electron chi connectivity index (χ4n) is 6.54. The maximum atomic E-state index is 13.7. The van der Waals surface area contributed by atoms with Gasteiger partial charge in [0.1, 0.15) is 0 Å². The molecule has 1 aromatic carbocycles. The summed E-state index contributed by atoms with van der Waals surface area (Å²) in [7, 11) is 1.40. The minimum absolute atomic E-state index is 0.0840. The van der Waals surface area contributed by atoms with Crippen LogP contribution in [0.3, 0.4) is 0 Å². The summed E-state index contributed by atoms with van der Waals surface area (Å²) in [5, 5.41) is 11.1. The smallest absolute Gasteiger partial charge is 0.254 e. The lowest BCUT2D eigenvalue weighted by Gasteiger charge is -2.50. The molecule has 0 bridgehead atoms. The second-order valence-corrected chi connectivity index (χ2v) is 11.5. The van der Waals surface area contributed by atoms with Crippen LogP contribution in [0.5, 0.6) is 11.5 Å².